The van der Waals surface area contributed by atoms with Crippen molar-refractivity contribution < 1.29 is 4.79 Å². The number of fused-ring (bicyclic) bond motifs is 1. The molecule has 0 spiro atoms. The van der Waals surface area contributed by atoms with Crippen molar-refractivity contribution in [3.8, 4) is 11.4 Å². The number of nitrogens with zero attached hydrogens (tertiary/aromatic N) is 2. The van der Waals surface area contributed by atoms with Gasteiger partial charge in [0.05, 0.1) is 22.5 Å². The van der Waals surface area contributed by atoms with E-state index in [1.165, 1.54) is 32.1 Å². The zero-order chi connectivity index (χ0) is 18.5. The fraction of sp³-hybridized carbons (Fsp3) is 0.348. The molecule has 0 atom stereocenters. The average molecular weight is 359 g/mol. The molecule has 0 aliphatic heterocycles. The van der Waals surface area contributed by atoms with Gasteiger partial charge < -0.3 is 5.32 Å². The summed E-state index contributed by atoms with van der Waals surface area (Å²) in [5.74, 6) is -0.00338. The summed E-state index contributed by atoms with van der Waals surface area (Å²) in [6.07, 6.45) is 10.2. The number of amides is 1. The topological polar surface area (TPSA) is 54.9 Å². The molecule has 4 rings (SSSR count). The summed E-state index contributed by atoms with van der Waals surface area (Å²) < 4.78 is 0. The first-order valence-corrected chi connectivity index (χ1v) is 9.93. The molecule has 0 unspecified atom stereocenters. The van der Waals surface area contributed by atoms with Crippen LogP contribution in [-0.4, -0.2) is 21.9 Å². The SMILES string of the molecule is O=C(NC1CCCCCCC1)c1cc(-c2ccccn2)nc2ccccc12. The third-order valence-electron chi connectivity index (χ3n) is 5.33. The lowest BCUT2D eigenvalue weighted by Crippen LogP contribution is -2.35. The summed E-state index contributed by atoms with van der Waals surface area (Å²) in [5, 5.41) is 4.18. The van der Waals surface area contributed by atoms with Crippen molar-refractivity contribution in [2.24, 2.45) is 0 Å². The highest BCUT2D eigenvalue weighted by molar-refractivity contribution is 6.07. The monoisotopic (exact) mass is 359 g/mol. The van der Waals surface area contributed by atoms with E-state index >= 15 is 0 Å². The molecule has 2 heterocycles. The third-order valence-corrected chi connectivity index (χ3v) is 5.33. The van der Waals surface area contributed by atoms with Gasteiger partial charge in [-0.1, -0.05) is 56.4 Å². The first-order chi connectivity index (χ1) is 13.3. The predicted octanol–water partition coefficient (Wildman–Crippen LogP) is 5.14. The van der Waals surface area contributed by atoms with Gasteiger partial charge in [0.2, 0.25) is 0 Å². The van der Waals surface area contributed by atoms with Gasteiger partial charge in [-0.05, 0) is 37.1 Å². The Bertz CT molecular complexity index is 915. The number of para-hydroxylation sites is 1. The van der Waals surface area contributed by atoms with E-state index in [0.29, 0.717) is 5.56 Å². The van der Waals surface area contributed by atoms with Crippen molar-refractivity contribution >= 4 is 16.8 Å². The molecule has 4 nitrogen and oxygen atoms in total. The molecule has 1 aliphatic rings. The quantitative estimate of drug-likeness (QED) is 0.704. The number of hydrogen-bond acceptors (Lipinski definition) is 3. The fourth-order valence-corrected chi connectivity index (χ4v) is 3.87. The Morgan fingerprint density at radius 2 is 1.63 bits per heavy atom. The van der Waals surface area contributed by atoms with Gasteiger partial charge >= 0.3 is 0 Å². The number of carbonyl (C=O) groups is 1. The summed E-state index contributed by atoms with van der Waals surface area (Å²) in [5.41, 5.74) is 3.02. The predicted molar refractivity (Wildman–Crippen MR) is 109 cm³/mol. The van der Waals surface area contributed by atoms with Gasteiger partial charge in [-0.15, -0.1) is 0 Å². The van der Waals surface area contributed by atoms with Crippen LogP contribution in [0.3, 0.4) is 0 Å². The van der Waals surface area contributed by atoms with Gasteiger partial charge in [-0.3, -0.25) is 9.78 Å². The first kappa shape index (κ1) is 17.7. The van der Waals surface area contributed by atoms with E-state index in [0.717, 1.165) is 35.1 Å². The summed E-state index contributed by atoms with van der Waals surface area (Å²) in [7, 11) is 0. The standard InChI is InChI=1S/C23H25N3O/c27-23(25-17-10-4-2-1-3-5-11-17)19-16-22(21-14-8-9-15-24-21)26-20-13-7-6-12-18(19)20/h6-9,12-17H,1-5,10-11H2,(H,25,27). The van der Waals surface area contributed by atoms with Crippen LogP contribution < -0.4 is 5.32 Å². The van der Waals surface area contributed by atoms with Crippen LogP contribution in [0.4, 0.5) is 0 Å². The lowest BCUT2D eigenvalue weighted by molar-refractivity contribution is 0.0932. The minimum absolute atomic E-state index is 0.00338. The third kappa shape index (κ3) is 4.16. The van der Waals surface area contributed by atoms with Gasteiger partial charge in [0.15, 0.2) is 0 Å². The van der Waals surface area contributed by atoms with Crippen LogP contribution in [0.15, 0.2) is 54.7 Å². The normalized spacial score (nSPS) is 15.9. The highest BCUT2D eigenvalue weighted by Crippen LogP contribution is 2.24. The van der Waals surface area contributed by atoms with Gasteiger partial charge in [0.1, 0.15) is 0 Å². The summed E-state index contributed by atoms with van der Waals surface area (Å²) in [6.45, 7) is 0. The van der Waals surface area contributed by atoms with Crippen molar-refractivity contribution in [1.82, 2.24) is 15.3 Å². The smallest absolute Gasteiger partial charge is 0.252 e. The van der Waals surface area contributed by atoms with Crippen molar-refractivity contribution in [3.63, 3.8) is 0 Å². The molecule has 4 heteroatoms. The van der Waals surface area contributed by atoms with Crippen molar-refractivity contribution in [3.05, 3.63) is 60.3 Å². The van der Waals surface area contributed by atoms with Crippen LogP contribution in [0.25, 0.3) is 22.3 Å². The number of rotatable bonds is 3. The number of benzene rings is 1. The molecule has 1 aliphatic carbocycles. The Kier molecular flexibility index (Phi) is 5.42. The molecular formula is C23H25N3O. The van der Waals surface area contributed by atoms with Crippen molar-refractivity contribution in [2.75, 3.05) is 0 Å². The second-order valence-electron chi connectivity index (χ2n) is 7.30. The molecule has 1 saturated carbocycles. The summed E-state index contributed by atoms with van der Waals surface area (Å²) in [4.78, 5) is 22.3. The van der Waals surface area contributed by atoms with E-state index in [1.807, 2.05) is 48.5 Å². The number of carbonyl (C=O) groups excluding carboxylic acids is 1. The van der Waals surface area contributed by atoms with Gasteiger partial charge in [-0.2, -0.15) is 0 Å². The fourth-order valence-electron chi connectivity index (χ4n) is 3.87. The molecule has 0 radical (unpaired) electrons. The van der Waals surface area contributed by atoms with Crippen LogP contribution in [0, 0.1) is 0 Å². The largest absolute Gasteiger partial charge is 0.349 e. The van der Waals surface area contributed by atoms with E-state index in [1.54, 1.807) is 6.20 Å². The Morgan fingerprint density at radius 1 is 0.889 bits per heavy atom. The molecular weight excluding hydrogens is 334 g/mol. The molecule has 27 heavy (non-hydrogen) atoms. The van der Waals surface area contributed by atoms with E-state index in [-0.39, 0.29) is 11.9 Å². The lowest BCUT2D eigenvalue weighted by Gasteiger charge is -2.21. The Labute approximate surface area is 160 Å². The Hall–Kier alpha value is -2.75. The molecule has 1 fully saturated rings. The van der Waals surface area contributed by atoms with E-state index < -0.39 is 0 Å². The van der Waals surface area contributed by atoms with Gasteiger partial charge in [0, 0.05) is 17.6 Å². The van der Waals surface area contributed by atoms with E-state index in [4.69, 9.17) is 4.98 Å². The molecule has 138 valence electrons. The number of nitrogens with one attached hydrogen (secondary N) is 1. The first-order valence-electron chi connectivity index (χ1n) is 9.93. The Balaban J connectivity index is 1.67. The van der Waals surface area contributed by atoms with Crippen LogP contribution in [0.1, 0.15) is 55.3 Å². The summed E-state index contributed by atoms with van der Waals surface area (Å²) in [6, 6.07) is 15.7. The summed E-state index contributed by atoms with van der Waals surface area (Å²) >= 11 is 0. The van der Waals surface area contributed by atoms with Crippen molar-refractivity contribution in [1.29, 1.82) is 0 Å². The van der Waals surface area contributed by atoms with Gasteiger partial charge in [0.25, 0.3) is 5.91 Å². The zero-order valence-electron chi connectivity index (χ0n) is 15.5. The maximum Gasteiger partial charge on any atom is 0.252 e. The van der Waals surface area contributed by atoms with Crippen LogP contribution in [-0.2, 0) is 0 Å². The molecule has 1 amide bonds. The highest BCUT2D eigenvalue weighted by Gasteiger charge is 2.18. The van der Waals surface area contributed by atoms with E-state index in [9.17, 15) is 4.79 Å². The average Bonchev–Trinajstić information content (AvgIpc) is 2.69. The molecule has 1 N–H and O–H groups in total. The van der Waals surface area contributed by atoms with Gasteiger partial charge in [-0.25, -0.2) is 4.98 Å². The second-order valence-corrected chi connectivity index (χ2v) is 7.30. The molecule has 0 saturated heterocycles. The number of aromatic nitrogens is 2. The van der Waals surface area contributed by atoms with Crippen LogP contribution >= 0.6 is 0 Å². The molecule has 3 aromatic rings. The van der Waals surface area contributed by atoms with Crippen molar-refractivity contribution in [2.45, 2.75) is 51.0 Å². The zero-order valence-corrected chi connectivity index (χ0v) is 15.5. The highest BCUT2D eigenvalue weighted by atomic mass is 16.1. The minimum Gasteiger partial charge on any atom is -0.349 e. The number of pyridine rings is 2. The number of hydrogen-bond donors (Lipinski definition) is 1. The molecule has 1 aromatic carbocycles. The molecule has 0 bridgehead atoms. The van der Waals surface area contributed by atoms with E-state index in [2.05, 4.69) is 10.3 Å². The van der Waals surface area contributed by atoms with Crippen LogP contribution in [0.5, 0.6) is 0 Å². The lowest BCUT2D eigenvalue weighted by atomic mass is 9.96. The maximum atomic E-state index is 13.1. The second kappa shape index (κ2) is 8.30. The molecule has 2 aromatic heterocycles. The maximum absolute atomic E-state index is 13.1. The van der Waals surface area contributed by atoms with Crippen LogP contribution in [0.2, 0.25) is 0 Å². The minimum atomic E-state index is -0.00338. The Morgan fingerprint density at radius 3 is 2.41 bits per heavy atom.